The maximum Gasteiger partial charge on any atom is 0.264 e. The van der Waals surface area contributed by atoms with Crippen molar-refractivity contribution >= 4 is 26.6 Å². The van der Waals surface area contributed by atoms with Gasteiger partial charge in [0.15, 0.2) is 0 Å². The number of fused-ring (bicyclic) bond motifs is 1. The molecule has 4 aromatic rings. The van der Waals surface area contributed by atoms with Crippen LogP contribution < -0.4 is 4.31 Å². The Kier molecular flexibility index (Phi) is 6.61. The van der Waals surface area contributed by atoms with Crippen molar-refractivity contribution < 1.29 is 8.42 Å². The Morgan fingerprint density at radius 1 is 0.829 bits per heavy atom. The topological polar surface area (TPSA) is 50.3 Å². The fourth-order valence-electron chi connectivity index (χ4n) is 5.27. The molecule has 35 heavy (non-hydrogen) atoms. The summed E-state index contributed by atoms with van der Waals surface area (Å²) < 4.78 is 30.1. The number of benzene rings is 3. The quantitative estimate of drug-likeness (QED) is 0.289. The van der Waals surface area contributed by atoms with Gasteiger partial charge in [0.05, 0.1) is 22.6 Å². The highest BCUT2D eigenvalue weighted by Gasteiger charge is 2.31. The van der Waals surface area contributed by atoms with E-state index >= 15 is 0 Å². The van der Waals surface area contributed by atoms with E-state index in [1.807, 2.05) is 73.7 Å². The number of nitrogens with zero attached hydrogens (tertiary/aromatic N) is 2. The van der Waals surface area contributed by atoms with Gasteiger partial charge in [0, 0.05) is 17.0 Å². The van der Waals surface area contributed by atoms with Crippen LogP contribution in [0.3, 0.4) is 0 Å². The first-order valence-electron chi connectivity index (χ1n) is 12.5. The summed E-state index contributed by atoms with van der Waals surface area (Å²) in [5.74, 6) is 0.368. The first-order chi connectivity index (χ1) is 16.9. The van der Waals surface area contributed by atoms with Gasteiger partial charge < -0.3 is 0 Å². The Labute approximate surface area is 208 Å². The van der Waals surface area contributed by atoms with Gasteiger partial charge in [-0.25, -0.2) is 8.42 Å². The normalized spacial score (nSPS) is 14.8. The standard InChI is InChI=1S/C30H32N2O2S/c1-22-17-19-26(20-18-22)35(33,34)32(21-24-11-5-3-6-12-24)30-23(2)29(25-13-7-4-8-14-25)31-28-16-10-9-15-27(28)30/h3,5-6,9-12,15-20,25H,4,7-8,13-14,21H2,1-2H3. The lowest BCUT2D eigenvalue weighted by Gasteiger charge is -2.30. The summed E-state index contributed by atoms with van der Waals surface area (Å²) in [6, 6.07) is 24.9. The molecule has 180 valence electrons. The third-order valence-corrected chi connectivity index (χ3v) is 8.92. The molecule has 1 aromatic heterocycles. The molecule has 0 saturated heterocycles. The van der Waals surface area contributed by atoms with Crippen molar-refractivity contribution in [2.24, 2.45) is 0 Å². The predicted octanol–water partition coefficient (Wildman–Crippen LogP) is 7.29. The molecule has 5 rings (SSSR count). The Morgan fingerprint density at radius 2 is 1.49 bits per heavy atom. The second kappa shape index (κ2) is 9.82. The van der Waals surface area contributed by atoms with Crippen LogP contribution >= 0.6 is 0 Å². The molecule has 0 N–H and O–H groups in total. The van der Waals surface area contributed by atoms with Crippen LogP contribution in [-0.4, -0.2) is 13.4 Å². The van der Waals surface area contributed by atoms with E-state index in [1.54, 1.807) is 16.4 Å². The number of pyridine rings is 1. The molecule has 0 atom stereocenters. The van der Waals surface area contributed by atoms with Crippen molar-refractivity contribution in [1.82, 2.24) is 4.98 Å². The SMILES string of the molecule is Cc1ccc(S(=O)(=O)N(Cc2ccccc2)c2c(C)c(C3CCCCC3)nc3ccccc23)cc1. The van der Waals surface area contributed by atoms with Crippen LogP contribution in [0.5, 0.6) is 0 Å². The average Bonchev–Trinajstić information content (AvgIpc) is 2.89. The largest absolute Gasteiger partial charge is 0.264 e. The Balaban J connectivity index is 1.75. The van der Waals surface area contributed by atoms with E-state index in [-0.39, 0.29) is 6.54 Å². The van der Waals surface area contributed by atoms with E-state index in [1.165, 1.54) is 19.3 Å². The molecule has 1 heterocycles. The molecule has 0 bridgehead atoms. The van der Waals surface area contributed by atoms with E-state index < -0.39 is 10.0 Å². The molecule has 0 spiro atoms. The average molecular weight is 485 g/mol. The highest BCUT2D eigenvalue weighted by Crippen LogP contribution is 2.41. The van der Waals surface area contributed by atoms with Gasteiger partial charge in [-0.1, -0.05) is 85.5 Å². The van der Waals surface area contributed by atoms with Gasteiger partial charge in [-0.2, -0.15) is 0 Å². The summed E-state index contributed by atoms with van der Waals surface area (Å²) in [5.41, 5.74) is 5.61. The van der Waals surface area contributed by atoms with E-state index in [2.05, 4.69) is 6.92 Å². The molecule has 0 aliphatic heterocycles. The summed E-state index contributed by atoms with van der Waals surface area (Å²) >= 11 is 0. The fourth-order valence-corrected chi connectivity index (χ4v) is 6.80. The fraction of sp³-hybridized carbons (Fsp3) is 0.300. The predicted molar refractivity (Wildman–Crippen MR) is 143 cm³/mol. The molecule has 0 amide bonds. The van der Waals surface area contributed by atoms with Gasteiger partial charge >= 0.3 is 0 Å². The molecular formula is C30H32N2O2S. The van der Waals surface area contributed by atoms with E-state index in [0.717, 1.165) is 51.8 Å². The molecule has 4 nitrogen and oxygen atoms in total. The highest BCUT2D eigenvalue weighted by atomic mass is 32.2. The number of para-hydroxylation sites is 1. The zero-order chi connectivity index (χ0) is 24.4. The number of hydrogen-bond acceptors (Lipinski definition) is 3. The number of anilines is 1. The summed E-state index contributed by atoms with van der Waals surface area (Å²) in [6.07, 6.45) is 5.87. The first-order valence-corrected chi connectivity index (χ1v) is 13.9. The van der Waals surface area contributed by atoms with Gasteiger partial charge in [-0.15, -0.1) is 0 Å². The van der Waals surface area contributed by atoms with Crippen LogP contribution in [0.2, 0.25) is 0 Å². The third-order valence-electron chi connectivity index (χ3n) is 7.16. The molecule has 1 aliphatic carbocycles. The minimum absolute atomic E-state index is 0.260. The van der Waals surface area contributed by atoms with Crippen LogP contribution in [0.1, 0.15) is 60.4 Å². The molecule has 1 aliphatic rings. The number of aromatic nitrogens is 1. The van der Waals surface area contributed by atoms with Gasteiger partial charge in [-0.3, -0.25) is 9.29 Å². The number of aryl methyl sites for hydroxylation is 1. The van der Waals surface area contributed by atoms with Crippen LogP contribution in [0.15, 0.2) is 83.8 Å². The molecule has 0 unspecified atom stereocenters. The monoisotopic (exact) mass is 484 g/mol. The number of sulfonamides is 1. The summed E-state index contributed by atoms with van der Waals surface area (Å²) in [4.78, 5) is 5.40. The Bertz CT molecular complexity index is 1420. The summed E-state index contributed by atoms with van der Waals surface area (Å²) in [5, 5.41) is 0.871. The van der Waals surface area contributed by atoms with Crippen molar-refractivity contribution in [2.75, 3.05) is 4.31 Å². The van der Waals surface area contributed by atoms with Gasteiger partial charge in [0.2, 0.25) is 0 Å². The molecule has 1 saturated carbocycles. The summed E-state index contributed by atoms with van der Waals surface area (Å²) in [7, 11) is -3.82. The van der Waals surface area contributed by atoms with Crippen LogP contribution in [0.4, 0.5) is 5.69 Å². The molecule has 1 fully saturated rings. The molecule has 3 aromatic carbocycles. The molecule has 0 radical (unpaired) electrons. The highest BCUT2D eigenvalue weighted by molar-refractivity contribution is 7.92. The maximum atomic E-state index is 14.2. The molecular weight excluding hydrogens is 452 g/mol. The Hall–Kier alpha value is -3.18. The van der Waals surface area contributed by atoms with Crippen molar-refractivity contribution in [3.8, 4) is 0 Å². The lowest BCUT2D eigenvalue weighted by atomic mass is 9.84. The second-order valence-electron chi connectivity index (χ2n) is 9.63. The van der Waals surface area contributed by atoms with Crippen LogP contribution in [-0.2, 0) is 16.6 Å². The van der Waals surface area contributed by atoms with E-state index in [4.69, 9.17) is 4.98 Å². The number of rotatable bonds is 6. The van der Waals surface area contributed by atoms with Crippen molar-refractivity contribution in [2.45, 2.75) is 63.3 Å². The lowest BCUT2D eigenvalue weighted by molar-refractivity contribution is 0.436. The summed E-state index contributed by atoms with van der Waals surface area (Å²) in [6.45, 7) is 4.28. The van der Waals surface area contributed by atoms with Crippen LogP contribution in [0.25, 0.3) is 10.9 Å². The van der Waals surface area contributed by atoms with Crippen molar-refractivity contribution in [1.29, 1.82) is 0 Å². The first kappa shape index (κ1) is 23.6. The van der Waals surface area contributed by atoms with Crippen molar-refractivity contribution in [3.05, 3.63) is 101 Å². The van der Waals surface area contributed by atoms with Gasteiger partial charge in [-0.05, 0) is 56.0 Å². The van der Waals surface area contributed by atoms with Crippen LogP contribution in [0, 0.1) is 13.8 Å². The minimum Gasteiger partial charge on any atom is -0.261 e. The van der Waals surface area contributed by atoms with E-state index in [9.17, 15) is 8.42 Å². The smallest absolute Gasteiger partial charge is 0.261 e. The van der Waals surface area contributed by atoms with Gasteiger partial charge in [0.1, 0.15) is 0 Å². The minimum atomic E-state index is -3.82. The maximum absolute atomic E-state index is 14.2. The third kappa shape index (κ3) is 4.70. The zero-order valence-corrected chi connectivity index (χ0v) is 21.3. The number of hydrogen-bond donors (Lipinski definition) is 0. The van der Waals surface area contributed by atoms with Gasteiger partial charge in [0.25, 0.3) is 10.0 Å². The lowest BCUT2D eigenvalue weighted by Crippen LogP contribution is -2.32. The second-order valence-corrected chi connectivity index (χ2v) is 11.5. The zero-order valence-electron chi connectivity index (χ0n) is 20.4. The molecule has 5 heteroatoms. The van der Waals surface area contributed by atoms with E-state index in [0.29, 0.717) is 10.8 Å². The Morgan fingerprint density at radius 3 is 2.20 bits per heavy atom. The van der Waals surface area contributed by atoms with Crippen molar-refractivity contribution in [3.63, 3.8) is 0 Å².